The van der Waals surface area contributed by atoms with Gasteiger partial charge in [-0.05, 0) is 31.7 Å². The molecular formula is C19H25N3OS. The summed E-state index contributed by atoms with van der Waals surface area (Å²) in [5, 5.41) is 14.0. The van der Waals surface area contributed by atoms with Crippen LogP contribution in [0, 0.1) is 6.92 Å². The fourth-order valence-electron chi connectivity index (χ4n) is 3.31. The number of hydrogen-bond donors (Lipinski definition) is 1. The average Bonchev–Trinajstić information content (AvgIpc) is 3.07. The first-order valence-electron chi connectivity index (χ1n) is 8.78. The molecule has 1 atom stereocenters. The highest BCUT2D eigenvalue weighted by atomic mass is 32.1. The van der Waals surface area contributed by atoms with Gasteiger partial charge in [0, 0.05) is 12.8 Å². The monoisotopic (exact) mass is 343 g/mol. The summed E-state index contributed by atoms with van der Waals surface area (Å²) in [5.74, 6) is 0.531. The molecule has 0 spiro atoms. The molecule has 1 unspecified atom stereocenters. The molecule has 0 bridgehead atoms. The molecule has 1 heterocycles. The Kier molecular flexibility index (Phi) is 5.61. The Labute approximate surface area is 147 Å². The van der Waals surface area contributed by atoms with Crippen molar-refractivity contribution in [1.82, 2.24) is 15.5 Å². The summed E-state index contributed by atoms with van der Waals surface area (Å²) in [6.45, 7) is 3.64. The van der Waals surface area contributed by atoms with Crippen LogP contribution in [0.2, 0.25) is 0 Å². The molecule has 1 aliphatic rings. The Balaban J connectivity index is 1.76. The molecule has 1 aromatic carbocycles. The molecule has 128 valence electrons. The van der Waals surface area contributed by atoms with Crippen LogP contribution in [-0.4, -0.2) is 16.1 Å². The van der Waals surface area contributed by atoms with Crippen molar-refractivity contribution in [2.45, 2.75) is 64.3 Å². The minimum absolute atomic E-state index is 0.0264. The second-order valence-corrected chi connectivity index (χ2v) is 7.80. The lowest BCUT2D eigenvalue weighted by Gasteiger charge is -2.18. The molecule has 0 saturated heterocycles. The van der Waals surface area contributed by atoms with E-state index in [9.17, 15) is 4.79 Å². The van der Waals surface area contributed by atoms with Gasteiger partial charge in [0.25, 0.3) is 0 Å². The zero-order valence-corrected chi connectivity index (χ0v) is 15.2. The fraction of sp³-hybridized carbons (Fsp3) is 0.526. The van der Waals surface area contributed by atoms with Crippen LogP contribution < -0.4 is 5.32 Å². The quantitative estimate of drug-likeness (QED) is 0.880. The van der Waals surface area contributed by atoms with Gasteiger partial charge in [-0.2, -0.15) is 0 Å². The third kappa shape index (κ3) is 4.41. The maximum atomic E-state index is 11.6. The third-order valence-corrected chi connectivity index (χ3v) is 5.85. The Hall–Kier alpha value is -1.75. The lowest BCUT2D eigenvalue weighted by Crippen LogP contribution is -2.27. The van der Waals surface area contributed by atoms with Gasteiger partial charge in [0.1, 0.15) is 10.0 Å². The molecular weight excluding hydrogens is 318 g/mol. The van der Waals surface area contributed by atoms with Crippen LogP contribution in [0.5, 0.6) is 0 Å². The molecule has 1 aliphatic carbocycles. The van der Waals surface area contributed by atoms with Crippen molar-refractivity contribution in [3.8, 4) is 0 Å². The van der Waals surface area contributed by atoms with Gasteiger partial charge in [-0.25, -0.2) is 0 Å². The van der Waals surface area contributed by atoms with Crippen molar-refractivity contribution in [3.63, 3.8) is 0 Å². The predicted octanol–water partition coefficient (Wildman–Crippen LogP) is 4.31. The average molecular weight is 343 g/mol. The summed E-state index contributed by atoms with van der Waals surface area (Å²) in [5.41, 5.74) is 2.44. The Morgan fingerprint density at radius 3 is 2.58 bits per heavy atom. The van der Waals surface area contributed by atoms with E-state index < -0.39 is 0 Å². The molecule has 0 radical (unpaired) electrons. The molecule has 24 heavy (non-hydrogen) atoms. The molecule has 1 aromatic heterocycles. The van der Waals surface area contributed by atoms with Gasteiger partial charge >= 0.3 is 0 Å². The highest BCUT2D eigenvalue weighted by molar-refractivity contribution is 7.11. The molecule has 0 aliphatic heterocycles. The topological polar surface area (TPSA) is 54.9 Å². The number of carbonyl (C=O) groups excluding carboxylic acids is 1. The molecule has 1 fully saturated rings. The minimum Gasteiger partial charge on any atom is -0.347 e. The van der Waals surface area contributed by atoms with Crippen LogP contribution >= 0.6 is 11.3 Å². The van der Waals surface area contributed by atoms with Crippen LogP contribution in [0.25, 0.3) is 0 Å². The summed E-state index contributed by atoms with van der Waals surface area (Å²) in [7, 11) is 0. The summed E-state index contributed by atoms with van der Waals surface area (Å²) in [6.07, 6.45) is 7.11. The summed E-state index contributed by atoms with van der Waals surface area (Å²) in [4.78, 5) is 11.6. The lowest BCUT2D eigenvalue weighted by atomic mass is 9.90. The van der Waals surface area contributed by atoms with Crippen molar-refractivity contribution in [2.75, 3.05) is 0 Å². The number of aryl methyl sites for hydroxylation is 1. The van der Waals surface area contributed by atoms with E-state index >= 15 is 0 Å². The number of hydrogen-bond acceptors (Lipinski definition) is 4. The number of benzene rings is 1. The molecule has 1 saturated carbocycles. The number of amides is 1. The van der Waals surface area contributed by atoms with E-state index in [-0.39, 0.29) is 11.9 Å². The van der Waals surface area contributed by atoms with Gasteiger partial charge < -0.3 is 5.32 Å². The van der Waals surface area contributed by atoms with Crippen molar-refractivity contribution in [1.29, 1.82) is 0 Å². The Morgan fingerprint density at radius 1 is 1.21 bits per heavy atom. The fourth-order valence-corrected chi connectivity index (χ4v) is 4.37. The van der Waals surface area contributed by atoms with E-state index in [1.165, 1.54) is 43.2 Å². The minimum atomic E-state index is -0.0972. The third-order valence-electron chi connectivity index (χ3n) is 4.65. The van der Waals surface area contributed by atoms with Gasteiger partial charge in [0.05, 0.1) is 6.04 Å². The van der Waals surface area contributed by atoms with E-state index in [4.69, 9.17) is 0 Å². The molecule has 1 amide bonds. The first-order chi connectivity index (χ1) is 11.6. The maximum Gasteiger partial charge on any atom is 0.217 e. The van der Waals surface area contributed by atoms with E-state index in [0.29, 0.717) is 5.92 Å². The van der Waals surface area contributed by atoms with Crippen LogP contribution in [0.4, 0.5) is 0 Å². The molecule has 4 nitrogen and oxygen atoms in total. The number of rotatable bonds is 5. The SMILES string of the molecule is CC(=O)NC(Cc1ccc(C)cc1)c1nnc(C2CCCCC2)s1. The molecule has 1 N–H and O–H groups in total. The first-order valence-corrected chi connectivity index (χ1v) is 9.59. The molecule has 5 heteroatoms. The Morgan fingerprint density at radius 2 is 1.92 bits per heavy atom. The van der Waals surface area contributed by atoms with Crippen molar-refractivity contribution < 1.29 is 4.79 Å². The van der Waals surface area contributed by atoms with E-state index in [1.54, 1.807) is 18.3 Å². The van der Waals surface area contributed by atoms with Gasteiger partial charge in [0.15, 0.2) is 0 Å². The summed E-state index contributed by atoms with van der Waals surface area (Å²) < 4.78 is 0. The zero-order chi connectivity index (χ0) is 16.9. The lowest BCUT2D eigenvalue weighted by molar-refractivity contribution is -0.119. The predicted molar refractivity (Wildman–Crippen MR) is 97.2 cm³/mol. The number of carbonyl (C=O) groups is 1. The maximum absolute atomic E-state index is 11.6. The summed E-state index contributed by atoms with van der Waals surface area (Å²) >= 11 is 1.67. The summed E-state index contributed by atoms with van der Waals surface area (Å²) in [6, 6.07) is 8.35. The molecule has 2 aromatic rings. The van der Waals surface area contributed by atoms with Crippen LogP contribution in [-0.2, 0) is 11.2 Å². The number of nitrogens with one attached hydrogen (secondary N) is 1. The second-order valence-electron chi connectivity index (χ2n) is 6.76. The molecule has 3 rings (SSSR count). The van der Waals surface area contributed by atoms with Crippen LogP contribution in [0.1, 0.15) is 72.1 Å². The van der Waals surface area contributed by atoms with Crippen LogP contribution in [0.15, 0.2) is 24.3 Å². The number of aromatic nitrogens is 2. The zero-order valence-electron chi connectivity index (χ0n) is 14.4. The number of nitrogens with zero attached hydrogens (tertiary/aromatic N) is 2. The first kappa shape index (κ1) is 17.1. The standard InChI is InChI=1S/C19H25N3OS/c1-13-8-10-15(11-9-13)12-17(20-14(2)23)19-22-21-18(24-19)16-6-4-3-5-7-16/h8-11,16-17H,3-7,12H2,1-2H3,(H,20,23). The smallest absolute Gasteiger partial charge is 0.217 e. The van der Waals surface area contributed by atoms with Gasteiger partial charge in [0.2, 0.25) is 5.91 Å². The van der Waals surface area contributed by atoms with E-state index in [0.717, 1.165) is 16.4 Å². The van der Waals surface area contributed by atoms with Gasteiger partial charge in [-0.1, -0.05) is 60.4 Å². The van der Waals surface area contributed by atoms with Crippen LogP contribution in [0.3, 0.4) is 0 Å². The van der Waals surface area contributed by atoms with Crippen molar-refractivity contribution in [2.24, 2.45) is 0 Å². The highest BCUT2D eigenvalue weighted by Gasteiger charge is 2.23. The van der Waals surface area contributed by atoms with Crippen molar-refractivity contribution >= 4 is 17.2 Å². The Bertz CT molecular complexity index is 674. The largest absolute Gasteiger partial charge is 0.347 e. The second kappa shape index (κ2) is 7.88. The van der Waals surface area contributed by atoms with Gasteiger partial charge in [-0.3, -0.25) is 4.79 Å². The highest BCUT2D eigenvalue weighted by Crippen LogP contribution is 2.35. The van der Waals surface area contributed by atoms with E-state index in [1.807, 2.05) is 0 Å². The normalized spacial score (nSPS) is 16.8. The van der Waals surface area contributed by atoms with Crippen molar-refractivity contribution in [3.05, 3.63) is 45.4 Å². The van der Waals surface area contributed by atoms with Gasteiger partial charge in [-0.15, -0.1) is 10.2 Å². The van der Waals surface area contributed by atoms with E-state index in [2.05, 4.69) is 46.7 Å².